The molecule has 0 aromatic carbocycles. The number of ether oxygens (including phenoxy) is 4. The summed E-state index contributed by atoms with van der Waals surface area (Å²) in [7, 11) is 1.57. The average molecular weight is 232 g/mol. The van der Waals surface area contributed by atoms with Gasteiger partial charge in [0, 0.05) is 13.2 Å². The molecule has 0 N–H and O–H groups in total. The van der Waals surface area contributed by atoms with Crippen LogP contribution in [0.1, 0.15) is 0 Å². The van der Waals surface area contributed by atoms with E-state index in [1.807, 2.05) is 0 Å². The van der Waals surface area contributed by atoms with E-state index in [1.165, 1.54) is 0 Å². The molecular formula is C10H16O6. The van der Waals surface area contributed by atoms with Crippen molar-refractivity contribution in [2.75, 3.05) is 40.1 Å². The van der Waals surface area contributed by atoms with Gasteiger partial charge in [0.05, 0.1) is 19.8 Å². The van der Waals surface area contributed by atoms with Crippen LogP contribution in [0.15, 0.2) is 12.7 Å². The summed E-state index contributed by atoms with van der Waals surface area (Å²) in [6, 6.07) is 0. The molecule has 0 atom stereocenters. The second kappa shape index (κ2) is 10.1. The van der Waals surface area contributed by atoms with Crippen molar-refractivity contribution in [1.82, 2.24) is 0 Å². The zero-order valence-corrected chi connectivity index (χ0v) is 9.27. The first-order chi connectivity index (χ1) is 7.70. The highest BCUT2D eigenvalue weighted by atomic mass is 16.6. The van der Waals surface area contributed by atoms with E-state index in [0.29, 0.717) is 13.2 Å². The van der Waals surface area contributed by atoms with Gasteiger partial charge in [-0.1, -0.05) is 6.58 Å². The van der Waals surface area contributed by atoms with Gasteiger partial charge in [-0.05, 0) is 0 Å². The molecule has 0 spiro atoms. The average Bonchev–Trinajstić information content (AvgIpc) is 2.30. The van der Waals surface area contributed by atoms with Gasteiger partial charge < -0.3 is 18.9 Å². The van der Waals surface area contributed by atoms with Crippen LogP contribution in [0.4, 0.5) is 0 Å². The van der Waals surface area contributed by atoms with Gasteiger partial charge >= 0.3 is 11.9 Å². The number of carbonyl (C=O) groups excluding carboxylic acids is 2. The van der Waals surface area contributed by atoms with E-state index in [0.717, 1.165) is 6.08 Å². The molecule has 0 unspecified atom stereocenters. The van der Waals surface area contributed by atoms with Gasteiger partial charge in [0.2, 0.25) is 0 Å². The van der Waals surface area contributed by atoms with Gasteiger partial charge in [-0.15, -0.1) is 0 Å². The minimum absolute atomic E-state index is 0.119. The number of rotatable bonds is 9. The number of hydrogen-bond donors (Lipinski definition) is 0. The third-order valence-corrected chi connectivity index (χ3v) is 1.42. The summed E-state index contributed by atoms with van der Waals surface area (Å²) in [5, 5.41) is 0. The zero-order chi connectivity index (χ0) is 12.2. The lowest BCUT2D eigenvalue weighted by Crippen LogP contribution is -2.18. The van der Waals surface area contributed by atoms with Gasteiger partial charge in [0.1, 0.15) is 6.61 Å². The molecule has 0 radical (unpaired) electrons. The Labute approximate surface area is 94.1 Å². The molecule has 0 aromatic heterocycles. The third-order valence-electron chi connectivity index (χ3n) is 1.42. The van der Waals surface area contributed by atoms with E-state index in [2.05, 4.69) is 11.3 Å². The maximum absolute atomic E-state index is 10.9. The molecule has 0 bridgehead atoms. The first kappa shape index (κ1) is 14.6. The third kappa shape index (κ3) is 9.17. The molecule has 16 heavy (non-hydrogen) atoms. The summed E-state index contributed by atoms with van der Waals surface area (Å²) in [6.07, 6.45) is 0.973. The molecule has 0 aromatic rings. The highest BCUT2D eigenvalue weighted by Crippen LogP contribution is 1.85. The van der Waals surface area contributed by atoms with Crippen molar-refractivity contribution in [2.24, 2.45) is 0 Å². The predicted octanol–water partition coefficient (Wildman–Crippen LogP) is -0.0782. The molecule has 0 saturated carbocycles. The fraction of sp³-hybridized carbons (Fsp3) is 0.600. The van der Waals surface area contributed by atoms with Crippen LogP contribution < -0.4 is 0 Å². The van der Waals surface area contributed by atoms with Crippen LogP contribution in [-0.2, 0) is 28.5 Å². The molecular weight excluding hydrogens is 216 g/mol. The highest BCUT2D eigenvalue weighted by molar-refractivity contribution is 5.83. The summed E-state index contributed by atoms with van der Waals surface area (Å²) in [5.41, 5.74) is 0. The summed E-state index contributed by atoms with van der Waals surface area (Å²) in [4.78, 5) is 21.5. The minimum Gasteiger partial charge on any atom is -0.461 e. The molecule has 6 heteroatoms. The topological polar surface area (TPSA) is 71.1 Å². The normalized spacial score (nSPS) is 9.56. The van der Waals surface area contributed by atoms with Crippen molar-refractivity contribution in [3.63, 3.8) is 0 Å². The van der Waals surface area contributed by atoms with E-state index in [-0.39, 0.29) is 13.2 Å². The Morgan fingerprint density at radius 3 is 2.44 bits per heavy atom. The van der Waals surface area contributed by atoms with Crippen LogP contribution in [-0.4, -0.2) is 52.1 Å². The summed E-state index contributed by atoms with van der Waals surface area (Å²) in [6.45, 7) is 4.11. The molecule has 0 rings (SSSR count). The quantitative estimate of drug-likeness (QED) is 0.314. The first-order valence-electron chi connectivity index (χ1n) is 4.72. The lowest BCUT2D eigenvalue weighted by Gasteiger charge is -2.05. The Morgan fingerprint density at radius 2 is 1.81 bits per heavy atom. The summed E-state index contributed by atoms with van der Waals surface area (Å²) >= 11 is 0. The Hall–Kier alpha value is -1.40. The van der Waals surface area contributed by atoms with Crippen molar-refractivity contribution in [3.05, 3.63) is 12.7 Å². The SMILES string of the molecule is C=CC(=O)OCC(=O)OCCOCCOC. The van der Waals surface area contributed by atoms with Crippen LogP contribution >= 0.6 is 0 Å². The van der Waals surface area contributed by atoms with Crippen molar-refractivity contribution < 1.29 is 28.5 Å². The van der Waals surface area contributed by atoms with Crippen molar-refractivity contribution >= 4 is 11.9 Å². The number of esters is 2. The Morgan fingerprint density at radius 1 is 1.12 bits per heavy atom. The summed E-state index contributed by atoms with van der Waals surface area (Å²) in [5.74, 6) is -1.28. The van der Waals surface area contributed by atoms with Crippen LogP contribution in [0.3, 0.4) is 0 Å². The molecule has 0 aliphatic carbocycles. The van der Waals surface area contributed by atoms with Crippen molar-refractivity contribution in [3.8, 4) is 0 Å². The van der Waals surface area contributed by atoms with E-state index < -0.39 is 18.5 Å². The smallest absolute Gasteiger partial charge is 0.344 e. The minimum atomic E-state index is -0.659. The number of hydrogen-bond acceptors (Lipinski definition) is 6. The van der Waals surface area contributed by atoms with Gasteiger partial charge in [-0.2, -0.15) is 0 Å². The van der Waals surface area contributed by atoms with E-state index in [1.54, 1.807) is 7.11 Å². The Kier molecular flexibility index (Phi) is 9.24. The van der Waals surface area contributed by atoms with Crippen LogP contribution in [0.2, 0.25) is 0 Å². The molecule has 0 amide bonds. The van der Waals surface area contributed by atoms with Gasteiger partial charge in [0.15, 0.2) is 6.61 Å². The van der Waals surface area contributed by atoms with Crippen molar-refractivity contribution in [1.29, 1.82) is 0 Å². The fourth-order valence-corrected chi connectivity index (χ4v) is 0.689. The van der Waals surface area contributed by atoms with Crippen molar-refractivity contribution in [2.45, 2.75) is 0 Å². The van der Waals surface area contributed by atoms with Gasteiger partial charge in [-0.25, -0.2) is 9.59 Å². The van der Waals surface area contributed by atoms with E-state index in [9.17, 15) is 9.59 Å². The Bertz CT molecular complexity index is 225. The zero-order valence-electron chi connectivity index (χ0n) is 9.27. The van der Waals surface area contributed by atoms with Crippen LogP contribution in [0.5, 0.6) is 0 Å². The summed E-state index contributed by atoms with van der Waals surface area (Å²) < 4.78 is 18.9. The largest absolute Gasteiger partial charge is 0.461 e. The molecule has 0 aliphatic rings. The van der Waals surface area contributed by atoms with Gasteiger partial charge in [-0.3, -0.25) is 0 Å². The lowest BCUT2D eigenvalue weighted by atomic mass is 10.6. The molecule has 0 aliphatic heterocycles. The monoisotopic (exact) mass is 232 g/mol. The second-order valence-corrected chi connectivity index (χ2v) is 2.64. The molecule has 0 saturated heterocycles. The molecule has 92 valence electrons. The molecule has 0 heterocycles. The number of methoxy groups -OCH3 is 1. The maximum Gasteiger partial charge on any atom is 0.344 e. The van der Waals surface area contributed by atoms with Crippen LogP contribution in [0.25, 0.3) is 0 Å². The second-order valence-electron chi connectivity index (χ2n) is 2.64. The number of carbonyl (C=O) groups is 2. The molecule has 0 fully saturated rings. The van der Waals surface area contributed by atoms with Gasteiger partial charge in [0.25, 0.3) is 0 Å². The first-order valence-corrected chi connectivity index (χ1v) is 4.72. The maximum atomic E-state index is 10.9. The lowest BCUT2D eigenvalue weighted by molar-refractivity contribution is -0.157. The van der Waals surface area contributed by atoms with E-state index in [4.69, 9.17) is 14.2 Å². The Balaban J connectivity index is 3.30. The van der Waals surface area contributed by atoms with E-state index >= 15 is 0 Å². The standard InChI is InChI=1S/C10H16O6/c1-3-9(11)16-8-10(12)15-7-6-14-5-4-13-2/h3H,1,4-8H2,2H3. The molecule has 6 nitrogen and oxygen atoms in total. The van der Waals surface area contributed by atoms with Crippen LogP contribution in [0, 0.1) is 0 Å². The predicted molar refractivity (Wildman–Crippen MR) is 54.8 cm³/mol. The highest BCUT2D eigenvalue weighted by Gasteiger charge is 2.05. The fourth-order valence-electron chi connectivity index (χ4n) is 0.689.